The molecule has 1 aromatic carbocycles. The Morgan fingerprint density at radius 2 is 2.08 bits per heavy atom. The number of rotatable bonds is 0. The van der Waals surface area contributed by atoms with Crippen molar-refractivity contribution in [2.24, 2.45) is 0 Å². The van der Waals surface area contributed by atoms with Crippen molar-refractivity contribution in [3.05, 3.63) is 33.3 Å². The van der Waals surface area contributed by atoms with Gasteiger partial charge < -0.3 is 5.11 Å². The van der Waals surface area contributed by atoms with Crippen LogP contribution in [0.15, 0.2) is 12.1 Å². The van der Waals surface area contributed by atoms with Crippen molar-refractivity contribution in [2.75, 3.05) is 0 Å². The summed E-state index contributed by atoms with van der Waals surface area (Å²) < 4.78 is 0. The number of fused-ring (bicyclic) bond motifs is 1. The third-order valence-corrected chi connectivity index (χ3v) is 2.99. The van der Waals surface area contributed by atoms with Crippen molar-refractivity contribution in [1.29, 1.82) is 0 Å². The molecule has 1 nitrogen and oxygen atoms in total. The largest absolute Gasteiger partial charge is 0.393 e. The first-order valence-corrected chi connectivity index (χ1v) is 5.07. The summed E-state index contributed by atoms with van der Waals surface area (Å²) in [5.74, 6) is 0. The van der Waals surface area contributed by atoms with Gasteiger partial charge in [0.25, 0.3) is 0 Å². The van der Waals surface area contributed by atoms with Gasteiger partial charge in [0.1, 0.15) is 0 Å². The van der Waals surface area contributed by atoms with Crippen LogP contribution in [-0.2, 0) is 12.8 Å². The molecule has 0 amide bonds. The van der Waals surface area contributed by atoms with Gasteiger partial charge in [-0.15, -0.1) is 0 Å². The number of hydrogen-bond acceptors (Lipinski definition) is 1. The summed E-state index contributed by atoms with van der Waals surface area (Å²) in [6.45, 7) is 0. The quantitative estimate of drug-likeness (QED) is 0.708. The fourth-order valence-electron chi connectivity index (χ4n) is 1.79. The number of aliphatic hydroxyl groups excluding tert-OH is 1. The number of halogens is 2. The van der Waals surface area contributed by atoms with Crippen LogP contribution in [0.2, 0.25) is 10.0 Å². The van der Waals surface area contributed by atoms with Crippen molar-refractivity contribution in [1.82, 2.24) is 0 Å². The van der Waals surface area contributed by atoms with Crippen LogP contribution in [0.3, 0.4) is 0 Å². The molecule has 1 aliphatic rings. The molecular weight excluding hydrogens is 207 g/mol. The monoisotopic (exact) mass is 216 g/mol. The van der Waals surface area contributed by atoms with Crippen LogP contribution in [0.1, 0.15) is 17.5 Å². The highest BCUT2D eigenvalue weighted by Gasteiger charge is 2.18. The predicted octanol–water partition coefficient (Wildman–Crippen LogP) is 2.84. The zero-order chi connectivity index (χ0) is 9.42. The van der Waals surface area contributed by atoms with Gasteiger partial charge in [0.15, 0.2) is 0 Å². The molecule has 13 heavy (non-hydrogen) atoms. The van der Waals surface area contributed by atoms with E-state index in [1.807, 2.05) is 6.07 Å². The zero-order valence-corrected chi connectivity index (χ0v) is 8.57. The van der Waals surface area contributed by atoms with Crippen LogP contribution in [-0.4, -0.2) is 11.2 Å². The molecule has 0 spiro atoms. The highest BCUT2D eigenvalue weighted by atomic mass is 35.5. The number of hydrogen-bond donors (Lipinski definition) is 1. The molecule has 1 aromatic rings. The Bertz CT molecular complexity index is 336. The molecule has 1 aliphatic carbocycles. The number of benzene rings is 1. The summed E-state index contributed by atoms with van der Waals surface area (Å²) in [4.78, 5) is 0. The Labute approximate surface area is 87.3 Å². The van der Waals surface area contributed by atoms with Gasteiger partial charge in [-0.3, -0.25) is 0 Å². The van der Waals surface area contributed by atoms with Crippen LogP contribution in [0.4, 0.5) is 0 Å². The van der Waals surface area contributed by atoms with E-state index in [1.165, 1.54) is 0 Å². The van der Waals surface area contributed by atoms with Gasteiger partial charge in [-0.05, 0) is 42.5 Å². The third kappa shape index (κ3) is 1.83. The third-order valence-electron chi connectivity index (χ3n) is 2.44. The maximum absolute atomic E-state index is 9.45. The highest BCUT2D eigenvalue weighted by Crippen LogP contribution is 2.31. The zero-order valence-electron chi connectivity index (χ0n) is 7.06. The molecule has 0 heterocycles. The lowest BCUT2D eigenvalue weighted by Gasteiger charge is -2.21. The van der Waals surface area contributed by atoms with E-state index in [0.29, 0.717) is 11.4 Å². The van der Waals surface area contributed by atoms with Crippen LogP contribution >= 0.6 is 23.2 Å². The fourth-order valence-corrected chi connectivity index (χ4v) is 2.42. The van der Waals surface area contributed by atoms with E-state index >= 15 is 0 Å². The molecule has 0 aromatic heterocycles. The Balaban J connectivity index is 2.47. The van der Waals surface area contributed by atoms with E-state index < -0.39 is 0 Å². The van der Waals surface area contributed by atoms with Crippen LogP contribution in [0, 0.1) is 0 Å². The fraction of sp³-hybridized carbons (Fsp3) is 0.400. The SMILES string of the molecule is OC1CCc2c(Cl)cc(Cl)cc2C1. The minimum absolute atomic E-state index is 0.234. The summed E-state index contributed by atoms with van der Waals surface area (Å²) in [7, 11) is 0. The molecule has 0 aliphatic heterocycles. The van der Waals surface area contributed by atoms with Gasteiger partial charge in [0.05, 0.1) is 6.10 Å². The van der Waals surface area contributed by atoms with Crippen molar-refractivity contribution in [3.8, 4) is 0 Å². The maximum atomic E-state index is 9.45. The topological polar surface area (TPSA) is 20.2 Å². The average molecular weight is 217 g/mol. The lowest BCUT2D eigenvalue weighted by atomic mass is 9.90. The molecular formula is C10H10Cl2O. The first-order valence-electron chi connectivity index (χ1n) is 4.31. The van der Waals surface area contributed by atoms with Gasteiger partial charge >= 0.3 is 0 Å². The Hall–Kier alpha value is -0.240. The van der Waals surface area contributed by atoms with E-state index in [0.717, 1.165) is 29.0 Å². The van der Waals surface area contributed by atoms with Gasteiger partial charge in [0, 0.05) is 10.0 Å². The van der Waals surface area contributed by atoms with Gasteiger partial charge in [-0.25, -0.2) is 0 Å². The Morgan fingerprint density at radius 1 is 1.31 bits per heavy atom. The molecule has 0 bridgehead atoms. The molecule has 2 rings (SSSR count). The summed E-state index contributed by atoms with van der Waals surface area (Å²) in [5, 5.41) is 10.8. The second-order valence-electron chi connectivity index (χ2n) is 3.42. The second kappa shape index (κ2) is 3.49. The average Bonchev–Trinajstić information content (AvgIpc) is 2.02. The number of aliphatic hydroxyl groups is 1. The minimum Gasteiger partial charge on any atom is -0.393 e. The van der Waals surface area contributed by atoms with E-state index in [-0.39, 0.29) is 6.10 Å². The standard InChI is InChI=1S/C10H10Cl2O/c11-7-3-6-4-8(13)1-2-9(6)10(12)5-7/h3,5,8,13H,1-2,4H2. The lowest BCUT2D eigenvalue weighted by molar-refractivity contribution is 0.158. The Kier molecular flexibility index (Phi) is 2.50. The summed E-state index contributed by atoms with van der Waals surface area (Å²) >= 11 is 11.9. The molecule has 1 atom stereocenters. The highest BCUT2D eigenvalue weighted by molar-refractivity contribution is 6.35. The van der Waals surface area contributed by atoms with Gasteiger partial charge in [0.2, 0.25) is 0 Å². The van der Waals surface area contributed by atoms with Crippen molar-refractivity contribution < 1.29 is 5.11 Å². The predicted molar refractivity (Wildman–Crippen MR) is 54.5 cm³/mol. The molecule has 0 radical (unpaired) electrons. The van der Waals surface area contributed by atoms with Gasteiger partial charge in [-0.1, -0.05) is 23.2 Å². The molecule has 1 unspecified atom stereocenters. The molecule has 1 N–H and O–H groups in total. The van der Waals surface area contributed by atoms with E-state index in [4.69, 9.17) is 23.2 Å². The Morgan fingerprint density at radius 3 is 2.85 bits per heavy atom. The first-order chi connectivity index (χ1) is 6.16. The van der Waals surface area contributed by atoms with Gasteiger partial charge in [-0.2, -0.15) is 0 Å². The molecule has 0 fully saturated rings. The van der Waals surface area contributed by atoms with Crippen molar-refractivity contribution in [2.45, 2.75) is 25.4 Å². The summed E-state index contributed by atoms with van der Waals surface area (Å²) in [6.07, 6.45) is 2.10. The molecule has 3 heteroatoms. The van der Waals surface area contributed by atoms with Crippen LogP contribution in [0.25, 0.3) is 0 Å². The maximum Gasteiger partial charge on any atom is 0.0583 e. The summed E-state index contributed by atoms with van der Waals surface area (Å²) in [5.41, 5.74) is 2.24. The van der Waals surface area contributed by atoms with Crippen molar-refractivity contribution in [3.63, 3.8) is 0 Å². The molecule has 0 saturated carbocycles. The van der Waals surface area contributed by atoms with E-state index in [1.54, 1.807) is 6.07 Å². The van der Waals surface area contributed by atoms with E-state index in [9.17, 15) is 5.11 Å². The lowest BCUT2D eigenvalue weighted by Crippen LogP contribution is -2.18. The van der Waals surface area contributed by atoms with E-state index in [2.05, 4.69) is 0 Å². The summed E-state index contributed by atoms with van der Waals surface area (Å²) in [6, 6.07) is 3.66. The minimum atomic E-state index is -0.234. The van der Waals surface area contributed by atoms with Crippen LogP contribution in [0.5, 0.6) is 0 Å². The molecule has 0 saturated heterocycles. The first kappa shape index (κ1) is 9.32. The second-order valence-corrected chi connectivity index (χ2v) is 4.27. The molecule has 70 valence electrons. The smallest absolute Gasteiger partial charge is 0.0583 e. The van der Waals surface area contributed by atoms with Crippen LogP contribution < -0.4 is 0 Å². The normalized spacial score (nSPS) is 21.3. The van der Waals surface area contributed by atoms with Crippen molar-refractivity contribution >= 4 is 23.2 Å².